The fraction of sp³-hybridized carbons (Fsp3) is 0.0435. The maximum atomic E-state index is 2.20. The van der Waals surface area contributed by atoms with E-state index in [1.54, 1.807) is 0 Å². The van der Waals surface area contributed by atoms with Gasteiger partial charge in [-0.05, 0) is 28.7 Å². The van der Waals surface area contributed by atoms with Gasteiger partial charge in [-0.3, -0.25) is 0 Å². The quantitative estimate of drug-likeness (QED) is 0.627. The lowest BCUT2D eigenvalue weighted by molar-refractivity contribution is 1.22. The minimum Gasteiger partial charge on any atom is -0.0622 e. The van der Waals surface area contributed by atoms with Crippen molar-refractivity contribution in [3.8, 4) is 0 Å². The molecule has 0 fully saturated rings. The van der Waals surface area contributed by atoms with Crippen LogP contribution in [0, 0.1) is 0 Å². The van der Waals surface area contributed by atoms with Crippen LogP contribution in [0.5, 0.6) is 0 Å². The Hall–Kier alpha value is -2.86. The molecule has 0 radical (unpaired) electrons. The molecule has 0 heteroatoms. The second-order valence-electron chi connectivity index (χ2n) is 5.53. The predicted molar refractivity (Wildman–Crippen MR) is 101 cm³/mol. The maximum absolute atomic E-state index is 2.20. The third-order valence-corrected chi connectivity index (χ3v) is 3.72. The van der Waals surface area contributed by atoms with Crippen LogP contribution in [0.3, 0.4) is 0 Å². The monoisotopic (exact) mass is 296 g/mol. The Morgan fingerprint density at radius 3 is 1.39 bits per heavy atom. The zero-order valence-corrected chi connectivity index (χ0v) is 13.1. The van der Waals surface area contributed by atoms with Crippen LogP contribution in [-0.4, -0.2) is 0 Å². The number of hydrogen-bond donors (Lipinski definition) is 0. The number of hydrogen-bond acceptors (Lipinski definition) is 0. The Morgan fingerprint density at radius 1 is 0.522 bits per heavy atom. The average molecular weight is 296 g/mol. The molecule has 0 aromatic heterocycles. The summed E-state index contributed by atoms with van der Waals surface area (Å²) in [6.45, 7) is 0. The summed E-state index contributed by atoms with van der Waals surface area (Å²) in [5, 5.41) is 0. The lowest BCUT2D eigenvalue weighted by atomic mass is 10.0. The molecule has 0 saturated carbocycles. The van der Waals surface area contributed by atoms with Crippen molar-refractivity contribution < 1.29 is 0 Å². The molecule has 3 rings (SSSR count). The zero-order valence-electron chi connectivity index (χ0n) is 13.1. The number of allylic oxidation sites excluding steroid dienone is 8. The molecular formula is C23H20. The van der Waals surface area contributed by atoms with E-state index >= 15 is 0 Å². The molecule has 0 bridgehead atoms. The van der Waals surface area contributed by atoms with Crippen molar-refractivity contribution in [1.29, 1.82) is 0 Å². The van der Waals surface area contributed by atoms with Gasteiger partial charge in [0.05, 0.1) is 0 Å². The van der Waals surface area contributed by atoms with E-state index in [-0.39, 0.29) is 0 Å². The molecule has 0 amide bonds. The second-order valence-corrected chi connectivity index (χ2v) is 5.53. The summed E-state index contributed by atoms with van der Waals surface area (Å²) < 4.78 is 0. The van der Waals surface area contributed by atoms with Gasteiger partial charge in [0.15, 0.2) is 0 Å². The van der Waals surface area contributed by atoms with Crippen molar-refractivity contribution in [3.63, 3.8) is 0 Å². The van der Waals surface area contributed by atoms with E-state index in [2.05, 4.69) is 97.1 Å². The number of rotatable bonds is 4. The van der Waals surface area contributed by atoms with Gasteiger partial charge in [0.2, 0.25) is 0 Å². The predicted octanol–water partition coefficient (Wildman–Crippen LogP) is 6.23. The molecular weight excluding hydrogens is 276 g/mol. The van der Waals surface area contributed by atoms with Crippen molar-refractivity contribution in [2.45, 2.75) is 6.42 Å². The third kappa shape index (κ3) is 4.82. The van der Waals surface area contributed by atoms with Crippen molar-refractivity contribution in [1.82, 2.24) is 0 Å². The van der Waals surface area contributed by atoms with Gasteiger partial charge in [-0.2, -0.15) is 0 Å². The summed E-state index contributed by atoms with van der Waals surface area (Å²) >= 11 is 0. The van der Waals surface area contributed by atoms with Gasteiger partial charge >= 0.3 is 0 Å². The zero-order chi connectivity index (χ0) is 15.7. The largest absolute Gasteiger partial charge is 0.0622 e. The highest BCUT2D eigenvalue weighted by Gasteiger charge is 1.99. The molecule has 2 aromatic rings. The van der Waals surface area contributed by atoms with E-state index in [1.807, 2.05) is 12.1 Å². The Balaban J connectivity index is 1.69. The minimum atomic E-state index is 0.944. The fourth-order valence-corrected chi connectivity index (χ4v) is 2.48. The van der Waals surface area contributed by atoms with E-state index in [0.29, 0.717) is 0 Å². The van der Waals surface area contributed by atoms with Crippen molar-refractivity contribution in [2.75, 3.05) is 0 Å². The van der Waals surface area contributed by atoms with Crippen LogP contribution in [0.4, 0.5) is 0 Å². The SMILES string of the molecule is C1=CC=C(/C=C/c2ccccc2)CC(/C=C/c2ccccc2)=C1. The molecule has 0 aliphatic heterocycles. The average Bonchev–Trinajstić information content (AvgIpc) is 2.85. The molecule has 0 nitrogen and oxygen atoms in total. The molecule has 112 valence electrons. The molecule has 0 saturated heterocycles. The van der Waals surface area contributed by atoms with E-state index in [0.717, 1.165) is 6.42 Å². The van der Waals surface area contributed by atoms with Crippen LogP contribution >= 0.6 is 0 Å². The van der Waals surface area contributed by atoms with Gasteiger partial charge in [0, 0.05) is 0 Å². The minimum absolute atomic E-state index is 0.944. The van der Waals surface area contributed by atoms with E-state index in [1.165, 1.54) is 22.3 Å². The van der Waals surface area contributed by atoms with Crippen LogP contribution < -0.4 is 0 Å². The lowest BCUT2D eigenvalue weighted by Gasteiger charge is -2.02. The third-order valence-electron chi connectivity index (χ3n) is 3.72. The van der Waals surface area contributed by atoms with Crippen LogP contribution in [0.1, 0.15) is 17.5 Å². The maximum Gasteiger partial charge on any atom is -0.00258 e. The summed E-state index contributed by atoms with van der Waals surface area (Å²) in [6.07, 6.45) is 18.3. The van der Waals surface area contributed by atoms with E-state index < -0.39 is 0 Å². The first-order chi connectivity index (χ1) is 11.4. The first-order valence-corrected chi connectivity index (χ1v) is 7.93. The highest BCUT2D eigenvalue weighted by Crippen LogP contribution is 2.19. The van der Waals surface area contributed by atoms with E-state index in [4.69, 9.17) is 0 Å². The molecule has 0 unspecified atom stereocenters. The molecule has 0 N–H and O–H groups in total. The Bertz CT molecular complexity index is 702. The Labute approximate surface area is 138 Å². The topological polar surface area (TPSA) is 0 Å². The molecule has 1 aliphatic rings. The highest BCUT2D eigenvalue weighted by molar-refractivity contribution is 5.57. The Kier molecular flexibility index (Phi) is 5.21. The van der Waals surface area contributed by atoms with Gasteiger partial charge in [0.1, 0.15) is 0 Å². The van der Waals surface area contributed by atoms with Gasteiger partial charge in [0.25, 0.3) is 0 Å². The van der Waals surface area contributed by atoms with Crippen LogP contribution in [0.2, 0.25) is 0 Å². The van der Waals surface area contributed by atoms with Crippen LogP contribution in [-0.2, 0) is 0 Å². The van der Waals surface area contributed by atoms with Crippen LogP contribution in [0.15, 0.2) is 108 Å². The van der Waals surface area contributed by atoms with Gasteiger partial charge in [-0.1, -0.05) is 109 Å². The molecule has 23 heavy (non-hydrogen) atoms. The summed E-state index contributed by atoms with van der Waals surface area (Å²) in [4.78, 5) is 0. The second kappa shape index (κ2) is 7.95. The lowest BCUT2D eigenvalue weighted by Crippen LogP contribution is -1.82. The van der Waals surface area contributed by atoms with Crippen molar-refractivity contribution >= 4 is 12.2 Å². The summed E-state index contributed by atoms with van der Waals surface area (Å²) in [6, 6.07) is 20.8. The molecule has 0 heterocycles. The fourth-order valence-electron chi connectivity index (χ4n) is 2.48. The Morgan fingerprint density at radius 2 is 0.957 bits per heavy atom. The van der Waals surface area contributed by atoms with Gasteiger partial charge < -0.3 is 0 Å². The van der Waals surface area contributed by atoms with E-state index in [9.17, 15) is 0 Å². The molecule has 0 spiro atoms. The van der Waals surface area contributed by atoms with Gasteiger partial charge in [-0.15, -0.1) is 0 Å². The van der Waals surface area contributed by atoms with Crippen LogP contribution in [0.25, 0.3) is 12.2 Å². The standard InChI is InChI=1S/C23H20/c1-3-9-20(10-4-1)15-17-22-13-7-8-14-23(19-22)18-16-21-11-5-2-6-12-21/h1-18H,19H2/b17-15+,18-16+. The molecule has 0 atom stereocenters. The normalized spacial score (nSPS) is 14.8. The van der Waals surface area contributed by atoms with Crippen molar-refractivity contribution in [2.24, 2.45) is 0 Å². The van der Waals surface area contributed by atoms with Gasteiger partial charge in [-0.25, -0.2) is 0 Å². The summed E-state index contributed by atoms with van der Waals surface area (Å²) in [7, 11) is 0. The summed E-state index contributed by atoms with van der Waals surface area (Å²) in [5.74, 6) is 0. The smallest absolute Gasteiger partial charge is 0.00258 e. The molecule has 1 aliphatic carbocycles. The molecule has 2 aromatic carbocycles. The van der Waals surface area contributed by atoms with Crippen molar-refractivity contribution in [3.05, 3.63) is 119 Å². The first kappa shape index (κ1) is 15.1. The highest BCUT2D eigenvalue weighted by atomic mass is 14.0. The first-order valence-electron chi connectivity index (χ1n) is 7.93. The summed E-state index contributed by atoms with van der Waals surface area (Å²) in [5.41, 5.74) is 5.08. The number of benzene rings is 2.